The number of amides is 1. The number of methoxy groups -OCH3 is 1. The number of β-amino-alcohol motifs (C(OH)–C–C–N with tert-alkyl or cyclic N) is 1. The number of nitrogens with one attached hydrogen (secondary N) is 1. The first-order valence-electron chi connectivity index (χ1n) is 10.8. The fourth-order valence-corrected chi connectivity index (χ4v) is 3.68. The molecule has 1 heterocycles. The minimum atomic E-state index is -0.718. The smallest absolute Gasteiger partial charge is 0.325 e. The quantitative estimate of drug-likeness (QED) is 0.508. The molecule has 0 aliphatic carbocycles. The zero-order chi connectivity index (χ0) is 23.6. The van der Waals surface area contributed by atoms with Crippen LogP contribution in [0.5, 0.6) is 11.5 Å². The lowest BCUT2D eigenvalue weighted by Crippen LogP contribution is -2.43. The number of hydrogen-bond acceptors (Lipinski definition) is 7. The van der Waals surface area contributed by atoms with E-state index in [0.717, 1.165) is 31.7 Å². The van der Waals surface area contributed by atoms with E-state index in [0.29, 0.717) is 17.3 Å². The average Bonchev–Trinajstić information content (AvgIpc) is 2.83. The molecule has 178 valence electrons. The molecule has 9 heteroatoms. The zero-order valence-electron chi connectivity index (χ0n) is 18.5. The van der Waals surface area contributed by atoms with E-state index in [1.165, 1.54) is 7.11 Å². The number of carbonyl (C=O) groups excluding carboxylic acids is 2. The maximum atomic E-state index is 12.3. The van der Waals surface area contributed by atoms with E-state index in [2.05, 4.69) is 15.0 Å². The number of nitrogens with zero attached hydrogens (tertiary/aromatic N) is 1. The van der Waals surface area contributed by atoms with Gasteiger partial charge in [0.1, 0.15) is 36.9 Å². The van der Waals surface area contributed by atoms with Crippen LogP contribution in [0, 0.1) is 0 Å². The highest BCUT2D eigenvalue weighted by Gasteiger charge is 2.23. The average molecular weight is 477 g/mol. The Morgan fingerprint density at radius 2 is 1.85 bits per heavy atom. The van der Waals surface area contributed by atoms with Gasteiger partial charge in [0.15, 0.2) is 0 Å². The van der Waals surface area contributed by atoms with Gasteiger partial charge < -0.3 is 29.5 Å². The molecule has 2 N–H and O–H groups in total. The maximum Gasteiger partial charge on any atom is 0.325 e. The van der Waals surface area contributed by atoms with Crippen LogP contribution in [0.2, 0.25) is 5.02 Å². The van der Waals surface area contributed by atoms with Crippen molar-refractivity contribution in [3.05, 3.63) is 59.1 Å². The van der Waals surface area contributed by atoms with E-state index in [1.807, 2.05) is 24.3 Å². The summed E-state index contributed by atoms with van der Waals surface area (Å²) in [7, 11) is 1.25. The summed E-state index contributed by atoms with van der Waals surface area (Å²) < 4.78 is 16.2. The zero-order valence-corrected chi connectivity index (χ0v) is 19.3. The Balaban J connectivity index is 1.42. The van der Waals surface area contributed by atoms with Gasteiger partial charge in [-0.3, -0.25) is 9.59 Å². The molecule has 2 aromatic carbocycles. The van der Waals surface area contributed by atoms with Gasteiger partial charge in [-0.25, -0.2) is 0 Å². The van der Waals surface area contributed by atoms with Crippen LogP contribution in [0.4, 0.5) is 0 Å². The monoisotopic (exact) mass is 476 g/mol. The molecule has 0 spiro atoms. The van der Waals surface area contributed by atoms with Crippen LogP contribution in [-0.4, -0.2) is 74.0 Å². The number of halogens is 1. The van der Waals surface area contributed by atoms with Crippen LogP contribution in [0.25, 0.3) is 0 Å². The lowest BCUT2D eigenvalue weighted by Gasteiger charge is -2.33. The van der Waals surface area contributed by atoms with Gasteiger partial charge in [-0.2, -0.15) is 0 Å². The van der Waals surface area contributed by atoms with Crippen molar-refractivity contribution in [2.24, 2.45) is 0 Å². The SMILES string of the molecule is COC(=O)CNC(=O)c1ccccc1OCC(O)CN1CCC(Oc2ccc(Cl)cc2)CC1. The van der Waals surface area contributed by atoms with Gasteiger partial charge in [-0.1, -0.05) is 23.7 Å². The van der Waals surface area contributed by atoms with Crippen molar-refractivity contribution >= 4 is 23.5 Å². The molecule has 3 rings (SSSR count). The number of rotatable bonds is 10. The highest BCUT2D eigenvalue weighted by Crippen LogP contribution is 2.22. The Kier molecular flexibility index (Phi) is 9.35. The van der Waals surface area contributed by atoms with Crippen LogP contribution < -0.4 is 14.8 Å². The number of para-hydroxylation sites is 1. The molecule has 0 radical (unpaired) electrons. The van der Waals surface area contributed by atoms with Gasteiger partial charge in [-0.05, 0) is 49.2 Å². The third-order valence-electron chi connectivity index (χ3n) is 5.30. The number of benzene rings is 2. The first kappa shape index (κ1) is 24.8. The molecule has 33 heavy (non-hydrogen) atoms. The van der Waals surface area contributed by atoms with Crippen molar-refractivity contribution in [1.29, 1.82) is 0 Å². The molecule has 1 aliphatic rings. The Morgan fingerprint density at radius 3 is 2.55 bits per heavy atom. The largest absolute Gasteiger partial charge is 0.490 e. The maximum absolute atomic E-state index is 12.3. The highest BCUT2D eigenvalue weighted by molar-refractivity contribution is 6.30. The number of aliphatic hydroxyl groups is 1. The third-order valence-corrected chi connectivity index (χ3v) is 5.56. The van der Waals surface area contributed by atoms with Gasteiger partial charge in [-0.15, -0.1) is 0 Å². The summed E-state index contributed by atoms with van der Waals surface area (Å²) in [5.41, 5.74) is 0.286. The van der Waals surface area contributed by atoms with E-state index in [1.54, 1.807) is 24.3 Å². The third kappa shape index (κ3) is 7.92. The van der Waals surface area contributed by atoms with Crippen LogP contribution in [0.15, 0.2) is 48.5 Å². The minimum Gasteiger partial charge on any atom is -0.490 e. The molecule has 0 saturated carbocycles. The first-order chi connectivity index (χ1) is 15.9. The summed E-state index contributed by atoms with van der Waals surface area (Å²) in [6.07, 6.45) is 1.13. The predicted molar refractivity (Wildman–Crippen MR) is 124 cm³/mol. The van der Waals surface area contributed by atoms with Crippen molar-refractivity contribution in [2.45, 2.75) is 25.0 Å². The van der Waals surface area contributed by atoms with E-state index >= 15 is 0 Å². The lowest BCUT2D eigenvalue weighted by atomic mass is 10.1. The second-order valence-corrected chi connectivity index (χ2v) is 8.23. The molecule has 1 saturated heterocycles. The summed E-state index contributed by atoms with van der Waals surface area (Å²) >= 11 is 5.91. The molecule has 1 atom stereocenters. The molecule has 2 aromatic rings. The number of likely N-dealkylation sites (tertiary alicyclic amines) is 1. The van der Waals surface area contributed by atoms with Gasteiger partial charge >= 0.3 is 5.97 Å². The number of carbonyl (C=O) groups is 2. The summed E-state index contributed by atoms with van der Waals surface area (Å²) in [4.78, 5) is 25.8. The number of piperidine rings is 1. The van der Waals surface area contributed by atoms with Crippen LogP contribution in [0.3, 0.4) is 0 Å². The Hall–Kier alpha value is -2.81. The van der Waals surface area contributed by atoms with Gasteiger partial charge in [0.2, 0.25) is 0 Å². The van der Waals surface area contributed by atoms with Crippen LogP contribution in [0.1, 0.15) is 23.2 Å². The summed E-state index contributed by atoms with van der Waals surface area (Å²) in [6.45, 7) is 1.89. The van der Waals surface area contributed by atoms with Gasteiger partial charge in [0.25, 0.3) is 5.91 Å². The van der Waals surface area contributed by atoms with Crippen molar-refractivity contribution in [3.63, 3.8) is 0 Å². The highest BCUT2D eigenvalue weighted by atomic mass is 35.5. The minimum absolute atomic E-state index is 0.0441. The van der Waals surface area contributed by atoms with E-state index in [9.17, 15) is 14.7 Å². The number of esters is 1. The Labute approximate surface area is 198 Å². The molecular formula is C24H29ClN2O6. The standard InChI is InChI=1S/C24H29ClN2O6/c1-31-23(29)14-26-24(30)21-4-2-3-5-22(21)32-16-18(28)15-27-12-10-20(11-13-27)33-19-8-6-17(25)7-9-19/h2-9,18,20,28H,10-16H2,1H3,(H,26,30). The molecule has 1 aliphatic heterocycles. The molecule has 8 nitrogen and oxygen atoms in total. The first-order valence-corrected chi connectivity index (χ1v) is 11.2. The fourth-order valence-electron chi connectivity index (χ4n) is 3.55. The van der Waals surface area contributed by atoms with Gasteiger partial charge in [0, 0.05) is 24.7 Å². The Morgan fingerprint density at radius 1 is 1.15 bits per heavy atom. The summed E-state index contributed by atoms with van der Waals surface area (Å²) in [5.74, 6) is 0.155. The van der Waals surface area contributed by atoms with Crippen LogP contribution >= 0.6 is 11.6 Å². The van der Waals surface area contributed by atoms with Crippen molar-refractivity contribution in [2.75, 3.05) is 39.9 Å². The molecule has 1 fully saturated rings. The van der Waals surface area contributed by atoms with Gasteiger partial charge in [0.05, 0.1) is 12.7 Å². The fraction of sp³-hybridized carbons (Fsp3) is 0.417. The molecule has 1 amide bonds. The van der Waals surface area contributed by atoms with E-state index < -0.39 is 18.0 Å². The predicted octanol–water partition coefficient (Wildman–Crippen LogP) is 2.53. The lowest BCUT2D eigenvalue weighted by molar-refractivity contribution is -0.139. The summed E-state index contributed by atoms with van der Waals surface area (Å²) in [5, 5.41) is 13.6. The molecule has 0 bridgehead atoms. The second kappa shape index (κ2) is 12.4. The topological polar surface area (TPSA) is 97.3 Å². The molecule has 0 aromatic heterocycles. The number of aliphatic hydroxyl groups excluding tert-OH is 1. The molecular weight excluding hydrogens is 448 g/mol. The number of hydrogen-bond donors (Lipinski definition) is 2. The Bertz CT molecular complexity index is 915. The van der Waals surface area contributed by atoms with E-state index in [4.69, 9.17) is 21.1 Å². The van der Waals surface area contributed by atoms with Crippen molar-refractivity contribution in [3.8, 4) is 11.5 Å². The number of ether oxygens (including phenoxy) is 3. The van der Waals surface area contributed by atoms with E-state index in [-0.39, 0.29) is 24.8 Å². The molecule has 1 unspecified atom stereocenters. The normalized spacial score (nSPS) is 15.5. The second-order valence-electron chi connectivity index (χ2n) is 7.79. The van der Waals surface area contributed by atoms with Crippen molar-refractivity contribution in [1.82, 2.24) is 10.2 Å². The van der Waals surface area contributed by atoms with Crippen molar-refractivity contribution < 1.29 is 28.9 Å². The van der Waals surface area contributed by atoms with Crippen LogP contribution in [-0.2, 0) is 9.53 Å². The summed E-state index contributed by atoms with van der Waals surface area (Å²) in [6, 6.07) is 14.0.